The third-order valence-corrected chi connectivity index (χ3v) is 4.90. The fraction of sp³-hybridized carbons (Fsp3) is 0.381. The van der Waals surface area contributed by atoms with Crippen molar-refractivity contribution in [1.82, 2.24) is 14.9 Å². The SMILES string of the molecule is CN=C/C(CN1CCN(c2nccnc2-c2ccc(OC(F)(F)F)cc2)CC1)=C(/C)N. The van der Waals surface area contributed by atoms with Crippen molar-refractivity contribution >= 4 is 12.0 Å². The third-order valence-electron chi connectivity index (χ3n) is 4.90. The second-order valence-corrected chi connectivity index (χ2v) is 7.16. The Labute approximate surface area is 179 Å². The number of benzene rings is 1. The number of ether oxygens (including phenoxy) is 1. The maximum absolute atomic E-state index is 12.4. The van der Waals surface area contributed by atoms with E-state index in [1.165, 1.54) is 12.1 Å². The van der Waals surface area contributed by atoms with Crippen LogP contribution >= 0.6 is 0 Å². The molecule has 0 spiro atoms. The molecule has 3 rings (SSSR count). The van der Waals surface area contributed by atoms with Gasteiger partial charge in [-0.2, -0.15) is 0 Å². The first kappa shape index (κ1) is 22.5. The van der Waals surface area contributed by atoms with E-state index in [9.17, 15) is 13.2 Å². The molecule has 0 aliphatic carbocycles. The number of alkyl halides is 3. The van der Waals surface area contributed by atoms with Crippen LogP contribution in [0.25, 0.3) is 11.3 Å². The Morgan fingerprint density at radius 2 is 1.77 bits per heavy atom. The Kier molecular flexibility index (Phi) is 7.11. The molecule has 1 aliphatic heterocycles. The predicted molar refractivity (Wildman–Crippen MR) is 114 cm³/mol. The maximum atomic E-state index is 12.4. The Morgan fingerprint density at radius 1 is 1.13 bits per heavy atom. The van der Waals surface area contributed by atoms with Gasteiger partial charge in [0.25, 0.3) is 0 Å². The lowest BCUT2D eigenvalue weighted by molar-refractivity contribution is -0.274. The topological polar surface area (TPSA) is 79.9 Å². The van der Waals surface area contributed by atoms with Crippen molar-refractivity contribution in [3.8, 4) is 17.0 Å². The third kappa shape index (κ3) is 6.17. The number of rotatable bonds is 6. The van der Waals surface area contributed by atoms with Crippen molar-refractivity contribution in [2.45, 2.75) is 13.3 Å². The van der Waals surface area contributed by atoms with Crippen molar-refractivity contribution in [1.29, 1.82) is 0 Å². The molecule has 7 nitrogen and oxygen atoms in total. The van der Waals surface area contributed by atoms with Gasteiger partial charge in [-0.1, -0.05) is 0 Å². The average molecular weight is 434 g/mol. The number of hydrogen-bond acceptors (Lipinski definition) is 7. The molecule has 2 N–H and O–H groups in total. The highest BCUT2D eigenvalue weighted by Gasteiger charge is 2.31. The molecule has 1 aromatic carbocycles. The second-order valence-electron chi connectivity index (χ2n) is 7.16. The number of aliphatic imine (C=N–C) groups is 1. The van der Waals surface area contributed by atoms with Gasteiger partial charge in [0.2, 0.25) is 0 Å². The van der Waals surface area contributed by atoms with E-state index in [0.29, 0.717) is 17.1 Å². The van der Waals surface area contributed by atoms with Gasteiger partial charge in [0.05, 0.1) is 0 Å². The molecule has 1 saturated heterocycles. The molecule has 1 aromatic heterocycles. The Morgan fingerprint density at radius 3 is 2.35 bits per heavy atom. The largest absolute Gasteiger partial charge is 0.573 e. The van der Waals surface area contributed by atoms with Crippen molar-refractivity contribution in [2.75, 3.05) is 44.7 Å². The van der Waals surface area contributed by atoms with Crippen LogP contribution in [0.3, 0.4) is 0 Å². The summed E-state index contributed by atoms with van der Waals surface area (Å²) in [6.45, 7) is 5.68. The van der Waals surface area contributed by atoms with Crippen LogP contribution in [0.2, 0.25) is 0 Å². The molecular weight excluding hydrogens is 409 g/mol. The van der Waals surface area contributed by atoms with Gasteiger partial charge in [0, 0.05) is 75.2 Å². The van der Waals surface area contributed by atoms with E-state index >= 15 is 0 Å². The molecule has 0 unspecified atom stereocenters. The number of aromatic nitrogens is 2. The minimum absolute atomic E-state index is 0.273. The van der Waals surface area contributed by atoms with E-state index in [4.69, 9.17) is 5.73 Å². The first-order chi connectivity index (χ1) is 14.8. The summed E-state index contributed by atoms with van der Waals surface area (Å²) < 4.78 is 41.1. The van der Waals surface area contributed by atoms with Crippen LogP contribution in [0.15, 0.2) is 52.9 Å². The lowest BCUT2D eigenvalue weighted by Gasteiger charge is -2.36. The fourth-order valence-corrected chi connectivity index (χ4v) is 3.36. The van der Waals surface area contributed by atoms with E-state index < -0.39 is 6.36 Å². The summed E-state index contributed by atoms with van der Waals surface area (Å²) in [7, 11) is 1.72. The lowest BCUT2D eigenvalue weighted by Crippen LogP contribution is -2.47. The minimum atomic E-state index is -4.72. The number of nitrogens with two attached hydrogens (primary N) is 1. The highest BCUT2D eigenvalue weighted by Crippen LogP contribution is 2.30. The summed E-state index contributed by atoms with van der Waals surface area (Å²) in [6, 6.07) is 5.65. The van der Waals surface area contributed by atoms with Gasteiger partial charge in [0.15, 0.2) is 5.82 Å². The zero-order valence-corrected chi connectivity index (χ0v) is 17.4. The van der Waals surface area contributed by atoms with E-state index in [1.807, 2.05) is 6.92 Å². The van der Waals surface area contributed by atoms with Gasteiger partial charge in [0.1, 0.15) is 11.4 Å². The summed E-state index contributed by atoms with van der Waals surface area (Å²) in [5.41, 5.74) is 8.98. The molecule has 1 aliphatic rings. The quantitative estimate of drug-likeness (QED) is 0.704. The summed E-state index contributed by atoms with van der Waals surface area (Å²) in [5, 5.41) is 0. The molecule has 0 amide bonds. The van der Waals surface area contributed by atoms with Gasteiger partial charge in [-0.3, -0.25) is 14.9 Å². The number of anilines is 1. The normalized spacial score (nSPS) is 16.5. The van der Waals surface area contributed by atoms with Crippen LogP contribution in [-0.4, -0.2) is 67.2 Å². The molecule has 0 bridgehead atoms. The molecule has 166 valence electrons. The van der Waals surface area contributed by atoms with Crippen molar-refractivity contribution < 1.29 is 17.9 Å². The maximum Gasteiger partial charge on any atom is 0.573 e. The molecule has 2 aromatic rings. The van der Waals surface area contributed by atoms with Crippen molar-refractivity contribution in [3.05, 3.63) is 47.9 Å². The molecular formula is C21H25F3N6O. The van der Waals surface area contributed by atoms with Gasteiger partial charge in [-0.15, -0.1) is 13.2 Å². The smallest absolute Gasteiger partial charge is 0.406 e. The van der Waals surface area contributed by atoms with Crippen LogP contribution in [0.5, 0.6) is 5.75 Å². The van der Waals surface area contributed by atoms with Gasteiger partial charge < -0.3 is 15.4 Å². The number of halogens is 3. The van der Waals surface area contributed by atoms with Crippen molar-refractivity contribution in [2.24, 2.45) is 10.7 Å². The fourth-order valence-electron chi connectivity index (χ4n) is 3.36. The second kappa shape index (κ2) is 9.78. The van der Waals surface area contributed by atoms with E-state index in [2.05, 4.69) is 29.5 Å². The zero-order valence-electron chi connectivity index (χ0n) is 17.4. The highest BCUT2D eigenvalue weighted by molar-refractivity contribution is 5.79. The first-order valence-corrected chi connectivity index (χ1v) is 9.78. The van der Waals surface area contributed by atoms with E-state index in [-0.39, 0.29) is 5.75 Å². The van der Waals surface area contributed by atoms with Crippen LogP contribution in [-0.2, 0) is 0 Å². The molecule has 10 heteroatoms. The summed E-state index contributed by atoms with van der Waals surface area (Å²) in [4.78, 5) is 17.4. The van der Waals surface area contributed by atoms with Crippen molar-refractivity contribution in [3.63, 3.8) is 0 Å². The first-order valence-electron chi connectivity index (χ1n) is 9.78. The molecule has 0 saturated carbocycles. The predicted octanol–water partition coefficient (Wildman–Crippen LogP) is 3.10. The number of piperazine rings is 1. The summed E-state index contributed by atoms with van der Waals surface area (Å²) in [6.07, 6.45) is 0.247. The zero-order chi connectivity index (χ0) is 22.4. The lowest BCUT2D eigenvalue weighted by atomic mass is 10.1. The number of allylic oxidation sites excluding steroid dienone is 1. The van der Waals surface area contributed by atoms with Crippen LogP contribution in [0, 0.1) is 0 Å². The van der Waals surface area contributed by atoms with E-state index in [1.54, 1.807) is 37.8 Å². The average Bonchev–Trinajstić information content (AvgIpc) is 2.73. The summed E-state index contributed by atoms with van der Waals surface area (Å²) >= 11 is 0. The Bertz CT molecular complexity index is 931. The Balaban J connectivity index is 1.71. The summed E-state index contributed by atoms with van der Waals surface area (Å²) in [5.74, 6) is 0.428. The highest BCUT2D eigenvalue weighted by atomic mass is 19.4. The van der Waals surface area contributed by atoms with Crippen LogP contribution < -0.4 is 15.4 Å². The standard InChI is InChI=1S/C21H25F3N6O/c1-15(25)17(13-26-2)14-29-9-11-30(12-10-29)20-19(27-7-8-28-20)16-3-5-18(6-4-16)31-21(22,23)24/h3-8,13H,9-12,14,25H2,1-2H3/b17-15+,26-13?. The van der Waals surface area contributed by atoms with Gasteiger partial charge in [-0.25, -0.2) is 4.98 Å². The minimum Gasteiger partial charge on any atom is -0.406 e. The number of nitrogens with zero attached hydrogens (tertiary/aromatic N) is 5. The Hall–Kier alpha value is -3.14. The van der Waals surface area contributed by atoms with Crippen LogP contribution in [0.1, 0.15) is 6.92 Å². The number of hydrogen-bond donors (Lipinski definition) is 1. The molecule has 2 heterocycles. The molecule has 0 radical (unpaired) electrons. The molecule has 1 fully saturated rings. The van der Waals surface area contributed by atoms with E-state index in [0.717, 1.165) is 44.0 Å². The monoisotopic (exact) mass is 434 g/mol. The van der Waals surface area contributed by atoms with Crippen LogP contribution in [0.4, 0.5) is 19.0 Å². The van der Waals surface area contributed by atoms with Gasteiger partial charge in [-0.05, 0) is 31.2 Å². The molecule has 0 atom stereocenters. The van der Waals surface area contributed by atoms with Gasteiger partial charge >= 0.3 is 6.36 Å². The molecule has 31 heavy (non-hydrogen) atoms.